The molecule has 0 bridgehead atoms. The Bertz CT molecular complexity index is 290. The van der Waals surface area contributed by atoms with Gasteiger partial charge in [0, 0.05) is 6.42 Å². The Morgan fingerprint density at radius 3 is 2.29 bits per heavy atom. The van der Waals surface area contributed by atoms with Crippen molar-refractivity contribution < 1.29 is 15.3 Å². The molecule has 0 fully saturated rings. The Balaban J connectivity index is 3.72. The van der Waals surface area contributed by atoms with Gasteiger partial charge < -0.3 is 15.3 Å². The molecule has 0 heterocycles. The van der Waals surface area contributed by atoms with E-state index in [1.165, 1.54) is 6.42 Å². The molecule has 0 radical (unpaired) electrons. The van der Waals surface area contributed by atoms with Crippen molar-refractivity contribution in [1.29, 1.82) is 0 Å². The van der Waals surface area contributed by atoms with Crippen LogP contribution in [0, 0.1) is 23.7 Å². The van der Waals surface area contributed by atoms with Crippen molar-refractivity contribution in [2.45, 2.75) is 57.7 Å². The minimum atomic E-state index is -0.806. The van der Waals surface area contributed by atoms with Crippen molar-refractivity contribution >= 4 is 0 Å². The summed E-state index contributed by atoms with van der Waals surface area (Å²) in [5.74, 6) is 9.99. The maximum Gasteiger partial charge on any atom is 0.105 e. The zero-order chi connectivity index (χ0) is 12.9. The van der Waals surface area contributed by atoms with Crippen LogP contribution in [-0.2, 0) is 0 Å². The van der Waals surface area contributed by atoms with Gasteiger partial charge in [0.25, 0.3) is 0 Å². The molecule has 0 aromatic rings. The van der Waals surface area contributed by atoms with Crippen molar-refractivity contribution in [3.63, 3.8) is 0 Å². The lowest BCUT2D eigenvalue weighted by Crippen LogP contribution is -2.25. The topological polar surface area (TPSA) is 60.7 Å². The van der Waals surface area contributed by atoms with Gasteiger partial charge in [0.15, 0.2) is 0 Å². The van der Waals surface area contributed by atoms with E-state index in [-0.39, 0.29) is 13.0 Å². The smallest absolute Gasteiger partial charge is 0.105 e. The number of rotatable bonds is 7. The third-order valence-corrected chi connectivity index (χ3v) is 2.43. The first-order chi connectivity index (χ1) is 8.22. The summed E-state index contributed by atoms with van der Waals surface area (Å²) < 4.78 is 0. The standard InChI is InChI=1S/C14H22O3/c1-2-3-4-7-10-13(16)14(17)11-8-5-6-9-12-15/h13-17H,2-4,7,10-12H2,1H3/t13-,14-/m1/s1. The summed E-state index contributed by atoms with van der Waals surface area (Å²) in [4.78, 5) is 0. The number of aliphatic hydroxyl groups is 3. The highest BCUT2D eigenvalue weighted by atomic mass is 16.3. The molecule has 0 aromatic carbocycles. The van der Waals surface area contributed by atoms with Gasteiger partial charge in [-0.05, 0) is 18.3 Å². The van der Waals surface area contributed by atoms with E-state index in [1.807, 2.05) is 0 Å². The van der Waals surface area contributed by atoms with Crippen LogP contribution in [-0.4, -0.2) is 34.1 Å². The van der Waals surface area contributed by atoms with Crippen LogP contribution >= 0.6 is 0 Å². The summed E-state index contributed by atoms with van der Waals surface area (Å²) >= 11 is 0. The lowest BCUT2D eigenvalue weighted by molar-refractivity contribution is 0.0165. The third kappa shape index (κ3) is 9.90. The van der Waals surface area contributed by atoms with Gasteiger partial charge in [-0.2, -0.15) is 0 Å². The SMILES string of the molecule is CCCCCC[C@@H](O)[C@H](O)CC#CC#CCO. The predicted molar refractivity (Wildman–Crippen MR) is 68.0 cm³/mol. The zero-order valence-electron chi connectivity index (χ0n) is 10.4. The number of hydrogen-bond donors (Lipinski definition) is 3. The molecule has 3 N–H and O–H groups in total. The molecule has 0 aromatic heterocycles. The van der Waals surface area contributed by atoms with Crippen LogP contribution in [0.2, 0.25) is 0 Å². The van der Waals surface area contributed by atoms with Gasteiger partial charge in [0.1, 0.15) is 6.61 Å². The summed E-state index contributed by atoms with van der Waals surface area (Å²) in [5, 5.41) is 27.6. The van der Waals surface area contributed by atoms with Crippen LogP contribution in [0.15, 0.2) is 0 Å². The van der Waals surface area contributed by atoms with Gasteiger partial charge in [-0.3, -0.25) is 0 Å². The van der Waals surface area contributed by atoms with Gasteiger partial charge in [0.2, 0.25) is 0 Å². The lowest BCUT2D eigenvalue weighted by Gasteiger charge is -2.15. The molecule has 0 amide bonds. The fourth-order valence-electron chi connectivity index (χ4n) is 1.39. The summed E-state index contributed by atoms with van der Waals surface area (Å²) in [6.45, 7) is 1.92. The van der Waals surface area contributed by atoms with Crippen LogP contribution in [0.25, 0.3) is 0 Å². The molecular weight excluding hydrogens is 216 g/mol. The average molecular weight is 238 g/mol. The number of hydrogen-bond acceptors (Lipinski definition) is 3. The molecule has 3 heteroatoms. The first kappa shape index (κ1) is 16.0. The molecule has 0 spiro atoms. The summed E-state index contributed by atoms with van der Waals surface area (Å²) in [7, 11) is 0. The molecule has 0 saturated heterocycles. The van der Waals surface area contributed by atoms with Gasteiger partial charge >= 0.3 is 0 Å². The molecule has 2 atom stereocenters. The van der Waals surface area contributed by atoms with Gasteiger partial charge in [-0.25, -0.2) is 0 Å². The fourth-order valence-corrected chi connectivity index (χ4v) is 1.39. The molecule has 0 aliphatic carbocycles. The summed E-state index contributed by atoms with van der Waals surface area (Å²) in [5.41, 5.74) is 0. The van der Waals surface area contributed by atoms with E-state index in [0.29, 0.717) is 6.42 Å². The molecule has 17 heavy (non-hydrogen) atoms. The minimum absolute atomic E-state index is 0.211. The third-order valence-electron chi connectivity index (χ3n) is 2.43. The normalized spacial score (nSPS) is 12.9. The van der Waals surface area contributed by atoms with Gasteiger partial charge in [-0.15, -0.1) is 0 Å². The van der Waals surface area contributed by atoms with Crippen molar-refractivity contribution in [2.75, 3.05) is 6.61 Å². The van der Waals surface area contributed by atoms with Crippen molar-refractivity contribution in [2.24, 2.45) is 0 Å². The second-order valence-corrected chi connectivity index (χ2v) is 3.95. The summed E-state index contributed by atoms with van der Waals surface area (Å²) in [6.07, 6.45) is 3.68. The van der Waals surface area contributed by atoms with Crippen molar-refractivity contribution in [3.8, 4) is 23.7 Å². The molecule has 96 valence electrons. The van der Waals surface area contributed by atoms with Crippen LogP contribution < -0.4 is 0 Å². The molecule has 0 aliphatic rings. The fraction of sp³-hybridized carbons (Fsp3) is 0.714. The largest absolute Gasteiger partial charge is 0.390 e. The van der Waals surface area contributed by atoms with Crippen LogP contribution in [0.3, 0.4) is 0 Å². The molecule has 0 saturated carbocycles. The second-order valence-electron chi connectivity index (χ2n) is 3.95. The molecular formula is C14H22O3. The Morgan fingerprint density at radius 2 is 1.65 bits per heavy atom. The first-order valence-corrected chi connectivity index (χ1v) is 6.15. The van der Waals surface area contributed by atoms with E-state index in [1.54, 1.807) is 0 Å². The quantitative estimate of drug-likeness (QED) is 0.459. The molecule has 3 nitrogen and oxygen atoms in total. The van der Waals surface area contributed by atoms with Crippen molar-refractivity contribution in [3.05, 3.63) is 0 Å². The van der Waals surface area contributed by atoms with Crippen LogP contribution in [0.1, 0.15) is 45.4 Å². The molecule has 0 aliphatic heterocycles. The highest BCUT2D eigenvalue weighted by Crippen LogP contribution is 2.09. The first-order valence-electron chi connectivity index (χ1n) is 6.15. The molecule has 0 rings (SSSR count). The maximum atomic E-state index is 9.63. The van der Waals surface area contributed by atoms with E-state index >= 15 is 0 Å². The number of aliphatic hydroxyl groups excluding tert-OH is 3. The van der Waals surface area contributed by atoms with Crippen molar-refractivity contribution in [1.82, 2.24) is 0 Å². The highest BCUT2D eigenvalue weighted by Gasteiger charge is 2.14. The van der Waals surface area contributed by atoms with Gasteiger partial charge in [0.05, 0.1) is 12.2 Å². The Labute approximate surface area is 104 Å². The van der Waals surface area contributed by atoms with E-state index in [4.69, 9.17) is 5.11 Å². The maximum absolute atomic E-state index is 9.63. The Kier molecular flexibility index (Phi) is 10.8. The summed E-state index contributed by atoms with van der Waals surface area (Å²) in [6, 6.07) is 0. The van der Waals surface area contributed by atoms with Crippen LogP contribution in [0.4, 0.5) is 0 Å². The van der Waals surface area contributed by atoms with E-state index in [2.05, 4.69) is 30.6 Å². The number of unbranched alkanes of at least 4 members (excludes halogenated alkanes) is 3. The predicted octanol–water partition coefficient (Wildman–Crippen LogP) is 1.07. The van der Waals surface area contributed by atoms with Gasteiger partial charge in [-0.1, -0.05) is 44.4 Å². The second kappa shape index (κ2) is 11.5. The van der Waals surface area contributed by atoms with E-state index < -0.39 is 12.2 Å². The Morgan fingerprint density at radius 1 is 0.941 bits per heavy atom. The Hall–Kier alpha value is -1.00. The highest BCUT2D eigenvalue weighted by molar-refractivity contribution is 5.26. The van der Waals surface area contributed by atoms with E-state index in [9.17, 15) is 10.2 Å². The van der Waals surface area contributed by atoms with E-state index in [0.717, 1.165) is 19.3 Å². The van der Waals surface area contributed by atoms with Crippen LogP contribution in [0.5, 0.6) is 0 Å². The zero-order valence-corrected chi connectivity index (χ0v) is 10.4. The average Bonchev–Trinajstić information content (AvgIpc) is 2.34. The lowest BCUT2D eigenvalue weighted by atomic mass is 10.0. The monoisotopic (exact) mass is 238 g/mol. The minimum Gasteiger partial charge on any atom is -0.390 e. The molecule has 0 unspecified atom stereocenters.